The number of allylic oxidation sites excluding steroid dienone is 18. The van der Waals surface area contributed by atoms with Crippen LogP contribution >= 0.6 is 0 Å². The summed E-state index contributed by atoms with van der Waals surface area (Å²) in [7, 11) is 0. The first-order valence-corrected chi connectivity index (χ1v) is 31.9. The molecule has 0 N–H and O–H groups in total. The average molecular weight is 1060 g/mol. The molecule has 0 amide bonds. The van der Waals surface area contributed by atoms with E-state index in [-0.39, 0.29) is 37.5 Å². The second-order valence-corrected chi connectivity index (χ2v) is 20.9. The Kier molecular flexibility index (Phi) is 60.3. The van der Waals surface area contributed by atoms with Gasteiger partial charge in [0.05, 0.1) is 0 Å². The van der Waals surface area contributed by atoms with Gasteiger partial charge in [-0.2, -0.15) is 0 Å². The molecule has 6 nitrogen and oxygen atoms in total. The molecular weight excluding hydrogens is 937 g/mol. The van der Waals surface area contributed by atoms with Crippen molar-refractivity contribution in [2.45, 2.75) is 303 Å². The highest BCUT2D eigenvalue weighted by Gasteiger charge is 2.19. The molecule has 1 atom stereocenters. The van der Waals surface area contributed by atoms with Crippen LogP contribution in [0.4, 0.5) is 0 Å². The van der Waals surface area contributed by atoms with Crippen LogP contribution in [0.5, 0.6) is 0 Å². The molecule has 76 heavy (non-hydrogen) atoms. The number of rotatable bonds is 57. The highest BCUT2D eigenvalue weighted by atomic mass is 16.6. The molecule has 0 saturated heterocycles. The van der Waals surface area contributed by atoms with Crippen molar-refractivity contribution in [2.75, 3.05) is 13.2 Å². The molecule has 0 aliphatic rings. The number of hydrogen-bond acceptors (Lipinski definition) is 6. The lowest BCUT2D eigenvalue weighted by Crippen LogP contribution is -2.30. The molecule has 0 radical (unpaired) electrons. The summed E-state index contributed by atoms with van der Waals surface area (Å²) in [5.41, 5.74) is 0. The van der Waals surface area contributed by atoms with Gasteiger partial charge in [-0.25, -0.2) is 0 Å². The highest BCUT2D eigenvalue weighted by Crippen LogP contribution is 2.17. The topological polar surface area (TPSA) is 78.9 Å². The summed E-state index contributed by atoms with van der Waals surface area (Å²) in [4.78, 5) is 38.3. The minimum absolute atomic E-state index is 0.105. The maximum Gasteiger partial charge on any atom is 0.306 e. The second-order valence-electron chi connectivity index (χ2n) is 20.9. The first-order chi connectivity index (χ1) is 37.5. The number of ether oxygens (including phenoxy) is 3. The molecule has 0 spiro atoms. The van der Waals surface area contributed by atoms with Crippen LogP contribution < -0.4 is 0 Å². The van der Waals surface area contributed by atoms with Gasteiger partial charge in [-0.05, 0) is 89.9 Å². The predicted octanol–water partition coefficient (Wildman–Crippen LogP) is 21.8. The Hall–Kier alpha value is -3.93. The summed E-state index contributed by atoms with van der Waals surface area (Å²) in [6, 6.07) is 0. The summed E-state index contributed by atoms with van der Waals surface area (Å²) < 4.78 is 16.8. The number of esters is 3. The van der Waals surface area contributed by atoms with E-state index < -0.39 is 6.10 Å². The van der Waals surface area contributed by atoms with Gasteiger partial charge in [0.1, 0.15) is 13.2 Å². The van der Waals surface area contributed by atoms with Crippen LogP contribution in [0.3, 0.4) is 0 Å². The van der Waals surface area contributed by atoms with Crippen molar-refractivity contribution in [2.24, 2.45) is 0 Å². The van der Waals surface area contributed by atoms with Crippen molar-refractivity contribution in [1.82, 2.24) is 0 Å². The normalized spacial score (nSPS) is 12.8. The molecule has 0 aromatic rings. The van der Waals surface area contributed by atoms with Crippen molar-refractivity contribution >= 4 is 17.9 Å². The first kappa shape index (κ1) is 72.1. The standard InChI is InChI=1S/C70H118O6/c1-4-7-10-13-16-19-22-25-27-29-31-33-35-37-38-40-42-45-48-51-54-57-60-63-69(72)75-66-67(65-74-68(71)62-59-56-53-50-47-44-24-21-18-15-12-9-6-3)76-70(73)64-61-58-55-52-49-46-43-41-39-36-34-32-30-28-26-23-20-17-14-11-8-5-2/h7,9-10,12,16,18-19,21,25,27,31,33,37-38,44,47,53,56,67H,4-6,8,11,13-15,17,20,22-24,26,28-30,32,34-36,39-43,45-46,48-52,54-55,57-66H2,1-3H3/b10-7-,12-9-,19-16-,21-18-,27-25-,33-31-,38-37-,47-44-,56-53-. The minimum Gasteiger partial charge on any atom is -0.462 e. The van der Waals surface area contributed by atoms with Crippen LogP contribution in [0.2, 0.25) is 0 Å². The second kappa shape index (κ2) is 63.6. The fourth-order valence-corrected chi connectivity index (χ4v) is 8.84. The van der Waals surface area contributed by atoms with Crippen molar-refractivity contribution in [3.05, 3.63) is 109 Å². The zero-order valence-corrected chi connectivity index (χ0v) is 49.7. The lowest BCUT2D eigenvalue weighted by Gasteiger charge is -2.18. The largest absolute Gasteiger partial charge is 0.462 e. The Labute approximate surface area is 470 Å². The Balaban J connectivity index is 4.38. The maximum atomic E-state index is 12.9. The number of carbonyl (C=O) groups is 3. The van der Waals surface area contributed by atoms with Gasteiger partial charge in [-0.15, -0.1) is 0 Å². The van der Waals surface area contributed by atoms with Crippen LogP contribution in [-0.4, -0.2) is 37.2 Å². The minimum atomic E-state index is -0.813. The molecule has 0 saturated carbocycles. The third-order valence-corrected chi connectivity index (χ3v) is 13.5. The smallest absolute Gasteiger partial charge is 0.306 e. The van der Waals surface area contributed by atoms with Crippen molar-refractivity contribution in [1.29, 1.82) is 0 Å². The van der Waals surface area contributed by atoms with E-state index in [0.29, 0.717) is 19.3 Å². The van der Waals surface area contributed by atoms with Gasteiger partial charge in [-0.3, -0.25) is 14.4 Å². The molecule has 0 aromatic carbocycles. The van der Waals surface area contributed by atoms with E-state index in [2.05, 4.69) is 124 Å². The molecule has 434 valence electrons. The molecule has 1 unspecified atom stereocenters. The van der Waals surface area contributed by atoms with Gasteiger partial charge in [0.15, 0.2) is 6.10 Å². The van der Waals surface area contributed by atoms with E-state index in [4.69, 9.17) is 14.2 Å². The van der Waals surface area contributed by atoms with Gasteiger partial charge in [0, 0.05) is 19.3 Å². The van der Waals surface area contributed by atoms with E-state index in [1.54, 1.807) is 0 Å². The fraction of sp³-hybridized carbons (Fsp3) is 0.700. The van der Waals surface area contributed by atoms with Crippen LogP contribution in [-0.2, 0) is 28.6 Å². The van der Waals surface area contributed by atoms with Gasteiger partial charge >= 0.3 is 17.9 Å². The quantitative estimate of drug-likeness (QED) is 0.0261. The van der Waals surface area contributed by atoms with Gasteiger partial charge in [-0.1, -0.05) is 297 Å². The molecule has 0 aliphatic carbocycles. The summed E-state index contributed by atoms with van der Waals surface area (Å²) >= 11 is 0. The zero-order chi connectivity index (χ0) is 55.0. The molecule has 0 fully saturated rings. The zero-order valence-electron chi connectivity index (χ0n) is 49.7. The Morgan fingerprint density at radius 2 is 0.539 bits per heavy atom. The highest BCUT2D eigenvalue weighted by molar-refractivity contribution is 5.71. The monoisotopic (exact) mass is 1050 g/mol. The fourth-order valence-electron chi connectivity index (χ4n) is 8.84. The summed E-state index contributed by atoms with van der Waals surface area (Å²) in [5.74, 6) is -0.991. The van der Waals surface area contributed by atoms with Crippen LogP contribution in [0.25, 0.3) is 0 Å². The summed E-state index contributed by atoms with van der Waals surface area (Å²) in [5, 5.41) is 0. The molecule has 0 aliphatic heterocycles. The molecule has 0 bridgehead atoms. The lowest BCUT2D eigenvalue weighted by atomic mass is 10.0. The van der Waals surface area contributed by atoms with Gasteiger partial charge in [0.25, 0.3) is 0 Å². The Morgan fingerprint density at radius 3 is 0.882 bits per heavy atom. The van der Waals surface area contributed by atoms with Crippen LogP contribution in [0, 0.1) is 0 Å². The van der Waals surface area contributed by atoms with E-state index in [1.165, 1.54) is 148 Å². The third-order valence-electron chi connectivity index (χ3n) is 13.5. The third kappa shape index (κ3) is 60.9. The molecular formula is C70H118O6. The first-order valence-electron chi connectivity index (χ1n) is 31.9. The van der Waals surface area contributed by atoms with E-state index in [1.807, 2.05) is 6.08 Å². The molecule has 0 aromatic heterocycles. The van der Waals surface area contributed by atoms with Gasteiger partial charge in [0.2, 0.25) is 0 Å². The average Bonchev–Trinajstić information content (AvgIpc) is 3.42. The van der Waals surface area contributed by atoms with E-state index >= 15 is 0 Å². The Morgan fingerprint density at radius 1 is 0.276 bits per heavy atom. The van der Waals surface area contributed by atoms with Crippen molar-refractivity contribution in [3.8, 4) is 0 Å². The van der Waals surface area contributed by atoms with Crippen LogP contribution in [0.1, 0.15) is 297 Å². The molecule has 6 heteroatoms. The predicted molar refractivity (Wildman–Crippen MR) is 330 cm³/mol. The maximum absolute atomic E-state index is 12.9. The van der Waals surface area contributed by atoms with Gasteiger partial charge < -0.3 is 14.2 Å². The number of carbonyl (C=O) groups excluding carboxylic acids is 3. The SMILES string of the molecule is CC/C=C\C/C=C\C/C=C\C/C=C\C/C=C\CCCCCCCCCC(=O)OCC(COC(=O)CC/C=C\C/C=C\C/C=C\C/C=C\CC)OC(=O)CCCCCCCCCCCCCCCCCCCCCCCC. The Bertz CT molecular complexity index is 1540. The summed E-state index contributed by atoms with van der Waals surface area (Å²) in [6.45, 7) is 6.37. The molecule has 0 rings (SSSR count). The molecule has 0 heterocycles. The van der Waals surface area contributed by atoms with Crippen molar-refractivity contribution < 1.29 is 28.6 Å². The van der Waals surface area contributed by atoms with Crippen LogP contribution in [0.15, 0.2) is 109 Å². The number of unbranched alkanes of at least 4 members (excludes halogenated alkanes) is 28. The lowest BCUT2D eigenvalue weighted by molar-refractivity contribution is -0.166. The summed E-state index contributed by atoms with van der Waals surface area (Å²) in [6.07, 6.45) is 86.9. The number of hydrogen-bond donors (Lipinski definition) is 0. The van der Waals surface area contributed by atoms with Crippen molar-refractivity contribution in [3.63, 3.8) is 0 Å². The van der Waals surface area contributed by atoms with E-state index in [9.17, 15) is 14.4 Å². The van der Waals surface area contributed by atoms with E-state index in [0.717, 1.165) is 103 Å².